The van der Waals surface area contributed by atoms with Crippen LogP contribution in [0.15, 0.2) is 18.3 Å². The van der Waals surface area contributed by atoms with Crippen molar-refractivity contribution in [2.45, 2.75) is 58.5 Å². The molecule has 1 atom stereocenters. The highest BCUT2D eigenvalue weighted by atomic mass is 16.5. The monoisotopic (exact) mass is 388 g/mol. The molecule has 2 aliphatic heterocycles. The predicted octanol–water partition coefficient (Wildman–Crippen LogP) is 3.26. The summed E-state index contributed by atoms with van der Waals surface area (Å²) in [5, 5.41) is 3.43. The zero-order chi connectivity index (χ0) is 19.9. The van der Waals surface area contributed by atoms with E-state index in [0.29, 0.717) is 23.6 Å². The normalized spacial score (nSPS) is 20.4. The summed E-state index contributed by atoms with van der Waals surface area (Å²) in [5.74, 6) is 1.66. The molecule has 1 amide bonds. The lowest BCUT2D eigenvalue weighted by atomic mass is 10.0. The highest BCUT2D eigenvalue weighted by molar-refractivity contribution is 5.94. The van der Waals surface area contributed by atoms with Crippen LogP contribution in [0, 0.1) is 5.92 Å². The van der Waals surface area contributed by atoms with Gasteiger partial charge >= 0.3 is 0 Å². The predicted molar refractivity (Wildman–Crippen MR) is 113 cm³/mol. The van der Waals surface area contributed by atoms with Crippen molar-refractivity contribution in [2.75, 3.05) is 44.7 Å². The Morgan fingerprint density at radius 2 is 1.86 bits per heavy atom. The number of rotatable bonds is 7. The number of anilines is 1. The molecule has 3 rings (SSSR count). The average Bonchev–Trinajstić information content (AvgIpc) is 2.73. The van der Waals surface area contributed by atoms with Gasteiger partial charge in [-0.25, -0.2) is 4.98 Å². The molecule has 0 bridgehead atoms. The number of amides is 1. The van der Waals surface area contributed by atoms with Gasteiger partial charge in [-0.15, -0.1) is 0 Å². The standard InChI is InChI=1S/C22H36N4O2/c1-17(2)4-5-18(3)24-21-7-6-19(16-23-21)22(27)26-10-8-20(9-11-26)25-12-14-28-15-13-25/h6-7,16-18,20H,4-5,8-15H2,1-3H3,(H,23,24)/t18-/m0/s1. The average molecular weight is 389 g/mol. The van der Waals surface area contributed by atoms with Crippen molar-refractivity contribution in [3.63, 3.8) is 0 Å². The second kappa shape index (κ2) is 10.2. The van der Waals surface area contributed by atoms with Crippen LogP contribution in [0.1, 0.15) is 56.8 Å². The highest BCUT2D eigenvalue weighted by Gasteiger charge is 2.28. The lowest BCUT2D eigenvalue weighted by Gasteiger charge is -2.40. The van der Waals surface area contributed by atoms with E-state index in [0.717, 1.165) is 64.5 Å². The number of nitrogens with zero attached hydrogens (tertiary/aromatic N) is 3. The Morgan fingerprint density at radius 1 is 1.14 bits per heavy atom. The van der Waals surface area contributed by atoms with Crippen molar-refractivity contribution in [3.05, 3.63) is 23.9 Å². The number of carbonyl (C=O) groups is 1. The maximum atomic E-state index is 12.8. The first-order valence-corrected chi connectivity index (χ1v) is 10.9. The first-order chi connectivity index (χ1) is 13.5. The number of ether oxygens (including phenoxy) is 1. The number of morpholine rings is 1. The van der Waals surface area contributed by atoms with E-state index in [1.165, 1.54) is 6.42 Å². The summed E-state index contributed by atoms with van der Waals surface area (Å²) in [6.07, 6.45) is 6.13. The van der Waals surface area contributed by atoms with Crippen LogP contribution in [0.4, 0.5) is 5.82 Å². The minimum absolute atomic E-state index is 0.104. The minimum atomic E-state index is 0.104. The summed E-state index contributed by atoms with van der Waals surface area (Å²) < 4.78 is 5.45. The summed E-state index contributed by atoms with van der Waals surface area (Å²) in [4.78, 5) is 21.8. The Bertz CT molecular complexity index is 605. The Labute approximate surface area is 169 Å². The van der Waals surface area contributed by atoms with Crippen molar-refractivity contribution >= 4 is 11.7 Å². The number of aromatic nitrogens is 1. The Balaban J connectivity index is 1.47. The van der Waals surface area contributed by atoms with E-state index in [4.69, 9.17) is 4.74 Å². The van der Waals surface area contributed by atoms with E-state index < -0.39 is 0 Å². The van der Waals surface area contributed by atoms with Crippen LogP contribution in [-0.4, -0.2) is 72.2 Å². The van der Waals surface area contributed by atoms with E-state index in [1.807, 2.05) is 17.0 Å². The fourth-order valence-electron chi connectivity index (χ4n) is 4.07. The van der Waals surface area contributed by atoms with Gasteiger partial charge in [0.1, 0.15) is 5.82 Å². The number of piperidine rings is 1. The van der Waals surface area contributed by atoms with Crippen LogP contribution in [0.25, 0.3) is 0 Å². The number of hydrogen-bond acceptors (Lipinski definition) is 5. The molecule has 0 radical (unpaired) electrons. The molecule has 0 aliphatic carbocycles. The molecule has 2 fully saturated rings. The molecular formula is C22H36N4O2. The molecule has 6 nitrogen and oxygen atoms in total. The van der Waals surface area contributed by atoms with Gasteiger partial charge in [0.2, 0.25) is 0 Å². The molecule has 0 aromatic carbocycles. The second-order valence-corrected chi connectivity index (χ2v) is 8.62. The van der Waals surface area contributed by atoms with E-state index in [9.17, 15) is 4.79 Å². The van der Waals surface area contributed by atoms with Crippen LogP contribution in [0.2, 0.25) is 0 Å². The topological polar surface area (TPSA) is 57.7 Å². The van der Waals surface area contributed by atoms with E-state index in [-0.39, 0.29) is 5.91 Å². The summed E-state index contributed by atoms with van der Waals surface area (Å²) in [6, 6.07) is 4.81. The quantitative estimate of drug-likeness (QED) is 0.777. The third-order valence-electron chi connectivity index (χ3n) is 5.90. The molecule has 1 N–H and O–H groups in total. The van der Waals surface area contributed by atoms with Gasteiger partial charge in [0.25, 0.3) is 5.91 Å². The Kier molecular flexibility index (Phi) is 7.68. The highest BCUT2D eigenvalue weighted by Crippen LogP contribution is 2.20. The van der Waals surface area contributed by atoms with Crippen molar-refractivity contribution in [2.24, 2.45) is 5.92 Å². The number of hydrogen-bond donors (Lipinski definition) is 1. The van der Waals surface area contributed by atoms with Gasteiger partial charge < -0.3 is 15.0 Å². The molecule has 2 saturated heterocycles. The van der Waals surface area contributed by atoms with Gasteiger partial charge in [-0.05, 0) is 50.7 Å². The fraction of sp³-hybridized carbons (Fsp3) is 0.727. The van der Waals surface area contributed by atoms with Crippen LogP contribution in [0.5, 0.6) is 0 Å². The molecule has 0 spiro atoms. The van der Waals surface area contributed by atoms with Crippen molar-refractivity contribution in [1.82, 2.24) is 14.8 Å². The lowest BCUT2D eigenvalue weighted by molar-refractivity contribution is 0.00158. The van der Waals surface area contributed by atoms with Crippen molar-refractivity contribution in [3.8, 4) is 0 Å². The largest absolute Gasteiger partial charge is 0.379 e. The lowest BCUT2D eigenvalue weighted by Crippen LogP contribution is -2.50. The molecular weight excluding hydrogens is 352 g/mol. The molecule has 28 heavy (non-hydrogen) atoms. The number of nitrogens with one attached hydrogen (secondary N) is 1. The van der Waals surface area contributed by atoms with Crippen LogP contribution in [0.3, 0.4) is 0 Å². The first kappa shape index (κ1) is 21.1. The van der Waals surface area contributed by atoms with Crippen LogP contribution < -0.4 is 5.32 Å². The van der Waals surface area contributed by atoms with E-state index in [2.05, 4.69) is 36.0 Å². The minimum Gasteiger partial charge on any atom is -0.379 e. The Morgan fingerprint density at radius 3 is 2.46 bits per heavy atom. The Hall–Kier alpha value is -1.66. The molecule has 6 heteroatoms. The third kappa shape index (κ3) is 5.92. The molecule has 3 heterocycles. The molecule has 0 saturated carbocycles. The van der Waals surface area contributed by atoms with Gasteiger partial charge in [0.05, 0.1) is 18.8 Å². The van der Waals surface area contributed by atoms with Gasteiger partial charge in [0, 0.05) is 44.5 Å². The number of pyridine rings is 1. The summed E-state index contributed by atoms with van der Waals surface area (Å²) in [6.45, 7) is 12.0. The summed E-state index contributed by atoms with van der Waals surface area (Å²) in [7, 11) is 0. The molecule has 2 aliphatic rings. The van der Waals surface area contributed by atoms with Gasteiger partial charge in [-0.1, -0.05) is 13.8 Å². The van der Waals surface area contributed by atoms with Gasteiger partial charge in [0.15, 0.2) is 0 Å². The van der Waals surface area contributed by atoms with Crippen molar-refractivity contribution < 1.29 is 9.53 Å². The number of likely N-dealkylation sites (tertiary alicyclic amines) is 1. The van der Waals surface area contributed by atoms with Gasteiger partial charge in [-0.2, -0.15) is 0 Å². The maximum Gasteiger partial charge on any atom is 0.255 e. The van der Waals surface area contributed by atoms with Crippen LogP contribution in [-0.2, 0) is 4.74 Å². The molecule has 0 unspecified atom stereocenters. The summed E-state index contributed by atoms with van der Waals surface area (Å²) in [5.41, 5.74) is 0.685. The number of carbonyl (C=O) groups excluding carboxylic acids is 1. The molecule has 1 aromatic heterocycles. The first-order valence-electron chi connectivity index (χ1n) is 10.9. The van der Waals surface area contributed by atoms with Crippen molar-refractivity contribution in [1.29, 1.82) is 0 Å². The van der Waals surface area contributed by atoms with E-state index in [1.54, 1.807) is 6.20 Å². The third-order valence-corrected chi connectivity index (χ3v) is 5.90. The smallest absolute Gasteiger partial charge is 0.255 e. The fourth-order valence-corrected chi connectivity index (χ4v) is 4.07. The SMILES string of the molecule is CC(C)CC[C@H](C)Nc1ccc(C(=O)N2CCC(N3CCOCC3)CC2)cn1. The van der Waals surface area contributed by atoms with Gasteiger partial charge in [-0.3, -0.25) is 9.69 Å². The molecule has 156 valence electrons. The van der Waals surface area contributed by atoms with Crippen LogP contribution >= 0.6 is 0 Å². The maximum absolute atomic E-state index is 12.8. The molecule has 1 aromatic rings. The van der Waals surface area contributed by atoms with E-state index >= 15 is 0 Å². The second-order valence-electron chi connectivity index (χ2n) is 8.62. The zero-order valence-electron chi connectivity index (χ0n) is 17.7. The summed E-state index contributed by atoms with van der Waals surface area (Å²) >= 11 is 0. The zero-order valence-corrected chi connectivity index (χ0v) is 17.7.